The van der Waals surface area contributed by atoms with Gasteiger partial charge in [0.25, 0.3) is 0 Å². The lowest BCUT2D eigenvalue weighted by Gasteiger charge is -2.29. The highest BCUT2D eigenvalue weighted by molar-refractivity contribution is 7.92. The first-order chi connectivity index (χ1) is 10.9. The van der Waals surface area contributed by atoms with Crippen molar-refractivity contribution >= 4 is 15.5 Å². The van der Waals surface area contributed by atoms with E-state index in [4.69, 9.17) is 15.3 Å². The quantitative estimate of drug-likeness (QED) is 0.559. The van der Waals surface area contributed by atoms with Crippen LogP contribution in [0.2, 0.25) is 0 Å². The number of morpholine rings is 1. The van der Waals surface area contributed by atoms with E-state index in [0.29, 0.717) is 32.1 Å². The summed E-state index contributed by atoms with van der Waals surface area (Å²) in [6.45, 7) is 7.33. The maximum Gasteiger partial charge on any atom is 0.207 e. The molecule has 1 aromatic rings. The Balaban J connectivity index is 1.98. The fourth-order valence-electron chi connectivity index (χ4n) is 2.34. The molecule has 0 amide bonds. The zero-order valence-electron chi connectivity index (χ0n) is 13.6. The average molecular weight is 343 g/mol. The Morgan fingerprint density at radius 3 is 2.43 bits per heavy atom. The molecular weight excluding hydrogens is 318 g/mol. The standard InChI is InChI=1S/C15H25N3O4S/c1-15(2,22-12-9-18-7-10-21-11-8-18)23(19,20)14-5-3-13(17-16)4-6-14/h3-6,17H,7-12,16H2,1-2H3. The van der Waals surface area contributed by atoms with Crippen molar-refractivity contribution in [2.75, 3.05) is 44.9 Å². The van der Waals surface area contributed by atoms with Gasteiger partial charge in [-0.25, -0.2) is 8.42 Å². The number of rotatable bonds is 7. The first-order valence-electron chi connectivity index (χ1n) is 7.62. The molecule has 7 nitrogen and oxygen atoms in total. The molecule has 0 aliphatic carbocycles. The minimum atomic E-state index is -3.60. The van der Waals surface area contributed by atoms with Gasteiger partial charge in [-0.05, 0) is 38.1 Å². The zero-order valence-corrected chi connectivity index (χ0v) is 14.4. The molecule has 130 valence electrons. The van der Waals surface area contributed by atoms with E-state index in [9.17, 15) is 8.42 Å². The largest absolute Gasteiger partial charge is 0.379 e. The average Bonchev–Trinajstić information content (AvgIpc) is 2.55. The van der Waals surface area contributed by atoms with Crippen molar-refractivity contribution in [3.05, 3.63) is 24.3 Å². The van der Waals surface area contributed by atoms with Gasteiger partial charge in [-0.1, -0.05) is 0 Å². The van der Waals surface area contributed by atoms with Crippen LogP contribution in [0.5, 0.6) is 0 Å². The monoisotopic (exact) mass is 343 g/mol. The van der Waals surface area contributed by atoms with Crippen LogP contribution in [-0.4, -0.2) is 57.7 Å². The Morgan fingerprint density at radius 1 is 1.26 bits per heavy atom. The van der Waals surface area contributed by atoms with Gasteiger partial charge in [-0.2, -0.15) is 0 Å². The van der Waals surface area contributed by atoms with Gasteiger partial charge >= 0.3 is 0 Å². The lowest BCUT2D eigenvalue weighted by Crippen LogP contribution is -2.41. The van der Waals surface area contributed by atoms with Crippen molar-refractivity contribution in [3.8, 4) is 0 Å². The fraction of sp³-hybridized carbons (Fsp3) is 0.600. The molecule has 0 spiro atoms. The second-order valence-electron chi connectivity index (χ2n) is 5.87. The molecule has 2 rings (SSSR count). The summed E-state index contributed by atoms with van der Waals surface area (Å²) in [4.78, 5) is 1.12. The molecule has 1 aliphatic heterocycles. The van der Waals surface area contributed by atoms with Crippen LogP contribution < -0.4 is 11.3 Å². The molecule has 0 radical (unpaired) electrons. The molecule has 0 atom stereocenters. The predicted octanol–water partition coefficient (Wildman–Crippen LogP) is 0.831. The number of hydrogen-bond donors (Lipinski definition) is 2. The lowest BCUT2D eigenvalue weighted by atomic mass is 10.3. The zero-order chi connectivity index (χ0) is 16.9. The van der Waals surface area contributed by atoms with Gasteiger partial charge in [0.15, 0.2) is 4.93 Å². The highest BCUT2D eigenvalue weighted by Gasteiger charge is 2.36. The van der Waals surface area contributed by atoms with Gasteiger partial charge in [0, 0.05) is 25.3 Å². The Hall–Kier alpha value is -1.19. The summed E-state index contributed by atoms with van der Waals surface area (Å²) in [6, 6.07) is 6.29. The van der Waals surface area contributed by atoms with E-state index in [2.05, 4.69) is 10.3 Å². The second-order valence-corrected chi connectivity index (χ2v) is 8.34. The van der Waals surface area contributed by atoms with Crippen molar-refractivity contribution in [1.29, 1.82) is 0 Å². The summed E-state index contributed by atoms with van der Waals surface area (Å²) >= 11 is 0. The van der Waals surface area contributed by atoms with Crippen molar-refractivity contribution in [1.82, 2.24) is 4.90 Å². The SMILES string of the molecule is CC(C)(OCCN1CCOCC1)S(=O)(=O)c1ccc(NN)cc1. The topological polar surface area (TPSA) is 93.9 Å². The fourth-order valence-corrected chi connectivity index (χ4v) is 3.64. The molecule has 1 heterocycles. The molecule has 23 heavy (non-hydrogen) atoms. The van der Waals surface area contributed by atoms with Gasteiger partial charge in [-0.3, -0.25) is 10.7 Å². The number of nitrogens with one attached hydrogen (secondary N) is 1. The number of nitrogens with zero attached hydrogens (tertiary/aromatic N) is 1. The molecule has 8 heteroatoms. The van der Waals surface area contributed by atoms with E-state index in [-0.39, 0.29) is 4.90 Å². The third-order valence-corrected chi connectivity index (χ3v) is 6.24. The van der Waals surface area contributed by atoms with Crippen molar-refractivity contribution < 1.29 is 17.9 Å². The molecule has 0 unspecified atom stereocenters. The Bertz CT molecular complexity index is 596. The summed E-state index contributed by atoms with van der Waals surface area (Å²) in [7, 11) is -3.60. The highest BCUT2D eigenvalue weighted by atomic mass is 32.2. The third kappa shape index (κ3) is 4.42. The van der Waals surface area contributed by atoms with Gasteiger partial charge in [0.1, 0.15) is 0 Å². The number of benzene rings is 1. The summed E-state index contributed by atoms with van der Waals surface area (Å²) in [6.07, 6.45) is 0. The van der Waals surface area contributed by atoms with Crippen LogP contribution in [0.15, 0.2) is 29.2 Å². The van der Waals surface area contributed by atoms with Crippen LogP contribution >= 0.6 is 0 Å². The molecule has 0 aromatic heterocycles. The van der Waals surface area contributed by atoms with Crippen LogP contribution in [0.25, 0.3) is 0 Å². The number of hydrogen-bond acceptors (Lipinski definition) is 7. The number of hydrazine groups is 1. The number of nitrogen functional groups attached to an aromatic ring is 1. The summed E-state index contributed by atoms with van der Waals surface area (Å²) < 4.78 is 36.4. The van der Waals surface area contributed by atoms with Crippen LogP contribution in [0.1, 0.15) is 13.8 Å². The van der Waals surface area contributed by atoms with Crippen LogP contribution in [0.4, 0.5) is 5.69 Å². The Morgan fingerprint density at radius 2 is 1.87 bits per heavy atom. The summed E-state index contributed by atoms with van der Waals surface area (Å²) in [5.41, 5.74) is 3.12. The van der Waals surface area contributed by atoms with Gasteiger partial charge < -0.3 is 14.9 Å². The molecule has 0 bridgehead atoms. The van der Waals surface area contributed by atoms with E-state index < -0.39 is 14.8 Å². The van der Waals surface area contributed by atoms with Gasteiger partial charge in [-0.15, -0.1) is 0 Å². The maximum atomic E-state index is 12.7. The van der Waals surface area contributed by atoms with E-state index >= 15 is 0 Å². The highest BCUT2D eigenvalue weighted by Crippen LogP contribution is 2.27. The normalized spacial score (nSPS) is 17.2. The summed E-state index contributed by atoms with van der Waals surface area (Å²) in [5, 5.41) is 0. The van der Waals surface area contributed by atoms with Crippen molar-refractivity contribution in [3.63, 3.8) is 0 Å². The molecule has 1 fully saturated rings. The number of sulfone groups is 1. The molecule has 1 saturated heterocycles. The Labute approximate surface area is 137 Å². The van der Waals surface area contributed by atoms with Crippen LogP contribution in [0, 0.1) is 0 Å². The molecular formula is C15H25N3O4S. The smallest absolute Gasteiger partial charge is 0.207 e. The van der Waals surface area contributed by atoms with Gasteiger partial charge in [0.2, 0.25) is 9.84 Å². The van der Waals surface area contributed by atoms with Crippen molar-refractivity contribution in [2.24, 2.45) is 5.84 Å². The Kier molecular flexibility index (Phi) is 5.99. The van der Waals surface area contributed by atoms with E-state index in [1.165, 1.54) is 12.1 Å². The summed E-state index contributed by atoms with van der Waals surface area (Å²) in [5.74, 6) is 5.29. The van der Waals surface area contributed by atoms with Crippen LogP contribution in [0.3, 0.4) is 0 Å². The van der Waals surface area contributed by atoms with E-state index in [1.54, 1.807) is 26.0 Å². The number of anilines is 1. The molecule has 3 N–H and O–H groups in total. The number of ether oxygens (including phenoxy) is 2. The van der Waals surface area contributed by atoms with E-state index in [0.717, 1.165) is 13.1 Å². The maximum absolute atomic E-state index is 12.7. The predicted molar refractivity (Wildman–Crippen MR) is 88.7 cm³/mol. The van der Waals surface area contributed by atoms with Crippen LogP contribution in [-0.2, 0) is 19.3 Å². The molecule has 1 aromatic carbocycles. The number of nitrogens with two attached hydrogens (primary N) is 1. The van der Waals surface area contributed by atoms with Gasteiger partial charge in [0.05, 0.1) is 24.7 Å². The minimum absolute atomic E-state index is 0.216. The first-order valence-corrected chi connectivity index (χ1v) is 9.10. The molecule has 0 saturated carbocycles. The first kappa shape index (κ1) is 18.2. The molecule has 1 aliphatic rings. The third-order valence-electron chi connectivity index (χ3n) is 3.94. The second kappa shape index (κ2) is 7.59. The minimum Gasteiger partial charge on any atom is -0.379 e. The van der Waals surface area contributed by atoms with E-state index in [1.807, 2.05) is 0 Å². The van der Waals surface area contributed by atoms with Crippen molar-refractivity contribution in [2.45, 2.75) is 23.7 Å². The lowest BCUT2D eigenvalue weighted by molar-refractivity contribution is -0.00224.